The first-order chi connectivity index (χ1) is 32.3. The smallest absolute Gasteiger partial charge is 0.0665 e. The average Bonchev–Trinajstić information content (AvgIpc) is 3.32. The van der Waals surface area contributed by atoms with Gasteiger partial charge in [0.1, 0.15) is 0 Å². The molecule has 0 unspecified atom stereocenters. The molecule has 3 heteroatoms. The van der Waals surface area contributed by atoms with E-state index < -0.39 is 0 Å². The zero-order valence-corrected chi connectivity index (χ0v) is 45.2. The zero-order valence-electron chi connectivity index (χ0n) is 43.6. The van der Waals surface area contributed by atoms with E-state index in [-0.39, 0.29) is 20.4 Å². The van der Waals surface area contributed by atoms with Crippen molar-refractivity contribution < 1.29 is 20.4 Å². The fraction of sp³-hybridized carbons (Fsp3) is 0.714. The van der Waals surface area contributed by atoms with Gasteiger partial charge in [-0.05, 0) is 74.6 Å². The largest absolute Gasteiger partial charge is 0.255 e. The van der Waals surface area contributed by atoms with Gasteiger partial charge in [-0.3, -0.25) is 9.98 Å². The molecule has 0 amide bonds. The van der Waals surface area contributed by atoms with Crippen LogP contribution in [0.2, 0.25) is 0 Å². The first kappa shape index (κ1) is 61.6. The molecule has 2 nitrogen and oxygen atoms in total. The zero-order chi connectivity index (χ0) is 46.2. The first-order valence-corrected chi connectivity index (χ1v) is 28.5. The summed E-state index contributed by atoms with van der Waals surface area (Å²) in [7, 11) is 0. The number of hydrogen-bond donors (Lipinski definition) is 0. The van der Waals surface area contributed by atoms with Gasteiger partial charge in [-0.15, -0.1) is 23.7 Å². The number of aryl methyl sites for hydroxylation is 2. The summed E-state index contributed by atoms with van der Waals surface area (Å²) in [6, 6.07) is 17.4. The van der Waals surface area contributed by atoms with Crippen molar-refractivity contribution >= 4 is 23.3 Å². The van der Waals surface area contributed by atoms with Crippen LogP contribution in [0.5, 0.6) is 0 Å². The Morgan fingerprint density at radius 1 is 0.364 bits per heavy atom. The van der Waals surface area contributed by atoms with E-state index in [1.807, 2.05) is 6.21 Å². The van der Waals surface area contributed by atoms with Gasteiger partial charge in [-0.1, -0.05) is 250 Å². The number of hydrogen-bond acceptors (Lipinski definition) is 2. The van der Waals surface area contributed by atoms with Crippen LogP contribution in [-0.4, -0.2) is 11.9 Å². The van der Waals surface area contributed by atoms with Crippen LogP contribution in [-0.2, 0) is 33.3 Å². The Morgan fingerprint density at radius 2 is 0.667 bits per heavy atom. The van der Waals surface area contributed by atoms with Crippen molar-refractivity contribution in [3.8, 4) is 23.7 Å². The Kier molecular flexibility index (Phi) is 45.7. The van der Waals surface area contributed by atoms with Crippen LogP contribution in [0.4, 0.5) is 11.4 Å². The van der Waals surface area contributed by atoms with E-state index in [0.29, 0.717) is 0 Å². The number of unbranched alkanes of at least 4 members (excludes halogenated alkanes) is 34. The van der Waals surface area contributed by atoms with Crippen LogP contribution < -0.4 is 0 Å². The fourth-order valence-corrected chi connectivity index (χ4v) is 8.94. The van der Waals surface area contributed by atoms with Crippen molar-refractivity contribution in [2.45, 2.75) is 290 Å². The molecule has 2 rings (SSSR count). The maximum absolute atomic E-state index is 5.25. The number of nitrogens with zero attached hydrogens (tertiary/aromatic N) is 2. The number of aliphatic imine (C=N–C) groups is 2. The third kappa shape index (κ3) is 37.5. The van der Waals surface area contributed by atoms with Crippen LogP contribution in [0.15, 0.2) is 58.5 Å². The minimum Gasteiger partial charge on any atom is -0.255 e. The Balaban J connectivity index is 0.0000218. The molecule has 0 bridgehead atoms. The number of rotatable bonds is 43. The van der Waals surface area contributed by atoms with Crippen LogP contribution in [0, 0.1) is 23.7 Å². The van der Waals surface area contributed by atoms with Gasteiger partial charge in [0.15, 0.2) is 0 Å². The van der Waals surface area contributed by atoms with Crippen LogP contribution >= 0.6 is 0 Å². The molecule has 66 heavy (non-hydrogen) atoms. The summed E-state index contributed by atoms with van der Waals surface area (Å²) in [4.78, 5) is 10.3. The maximum Gasteiger partial charge on any atom is 0.0665 e. The van der Waals surface area contributed by atoms with Crippen molar-refractivity contribution in [1.82, 2.24) is 0 Å². The van der Waals surface area contributed by atoms with E-state index in [4.69, 9.17) is 9.98 Å². The summed E-state index contributed by atoms with van der Waals surface area (Å²) < 4.78 is 0. The standard InChI is InChI=1S/C63H102N2.Pd/c1-4-7-10-12-14-16-18-20-22-24-26-28-30-32-34-36-38-40-42-45-51-59-53-47-49-56-62(59)64-58-61(55-44-9-6-3)65-63-57-50-48-54-60(63)52-46-43-41-39-37-35-33-31-29-27-25-23-21-19-17-15-13-11-8-5-2;/h47-50,53-54,56-58H,4-37,42-46,51-52,55H2,1-3H3;/b64-58+,65-61-;. The van der Waals surface area contributed by atoms with Crippen LogP contribution in [0.3, 0.4) is 0 Å². The van der Waals surface area contributed by atoms with Gasteiger partial charge >= 0.3 is 0 Å². The molecule has 2 aromatic rings. The third-order valence-corrected chi connectivity index (χ3v) is 13.2. The second kappa shape index (κ2) is 49.0. The molecular formula is C63H102N2Pd. The molecule has 0 aromatic heterocycles. The van der Waals surface area contributed by atoms with Gasteiger partial charge in [0.05, 0.1) is 17.1 Å². The molecule has 2 aromatic carbocycles. The van der Waals surface area contributed by atoms with Gasteiger partial charge < -0.3 is 0 Å². The molecule has 0 heterocycles. The summed E-state index contributed by atoms with van der Waals surface area (Å²) in [5.41, 5.74) is 5.86. The van der Waals surface area contributed by atoms with E-state index in [2.05, 4.69) is 93.0 Å². The van der Waals surface area contributed by atoms with Gasteiger partial charge in [-0.2, -0.15) is 0 Å². The molecular weight excluding hydrogens is 891 g/mol. The van der Waals surface area contributed by atoms with E-state index in [1.165, 1.54) is 217 Å². The average molecular weight is 994 g/mol. The van der Waals surface area contributed by atoms with E-state index >= 15 is 0 Å². The normalized spacial score (nSPS) is 11.3. The fourth-order valence-electron chi connectivity index (χ4n) is 8.94. The molecule has 0 saturated heterocycles. The Labute approximate surface area is 425 Å². The molecule has 0 atom stereocenters. The summed E-state index contributed by atoms with van der Waals surface area (Å²) >= 11 is 0. The summed E-state index contributed by atoms with van der Waals surface area (Å²) in [6.45, 7) is 6.87. The number of benzene rings is 2. The molecule has 0 spiro atoms. The predicted octanol–water partition coefficient (Wildman–Crippen LogP) is 20.9. The van der Waals surface area contributed by atoms with Crippen molar-refractivity contribution in [2.24, 2.45) is 9.98 Å². The van der Waals surface area contributed by atoms with Crippen LogP contribution in [0.1, 0.15) is 289 Å². The van der Waals surface area contributed by atoms with Crippen LogP contribution in [0.25, 0.3) is 0 Å². The monoisotopic (exact) mass is 993 g/mol. The molecule has 0 aliphatic rings. The second-order valence-electron chi connectivity index (χ2n) is 19.4. The molecule has 0 radical (unpaired) electrons. The van der Waals surface area contributed by atoms with Crippen molar-refractivity contribution in [1.29, 1.82) is 0 Å². The van der Waals surface area contributed by atoms with Crippen molar-refractivity contribution in [2.75, 3.05) is 0 Å². The minimum atomic E-state index is 0. The van der Waals surface area contributed by atoms with Gasteiger partial charge in [-0.25, -0.2) is 0 Å². The second-order valence-corrected chi connectivity index (χ2v) is 19.4. The van der Waals surface area contributed by atoms with Crippen molar-refractivity contribution in [3.63, 3.8) is 0 Å². The molecule has 0 aliphatic heterocycles. The van der Waals surface area contributed by atoms with Crippen molar-refractivity contribution in [3.05, 3.63) is 59.7 Å². The summed E-state index contributed by atoms with van der Waals surface area (Å²) in [5, 5.41) is 0. The first-order valence-electron chi connectivity index (χ1n) is 28.5. The Hall–Kier alpha value is -2.44. The molecule has 374 valence electrons. The molecule has 0 N–H and O–H groups in total. The third-order valence-electron chi connectivity index (χ3n) is 13.2. The Morgan fingerprint density at radius 3 is 1.06 bits per heavy atom. The summed E-state index contributed by atoms with van der Waals surface area (Å²) in [6.07, 6.45) is 57.0. The minimum absolute atomic E-state index is 0. The number of para-hydroxylation sites is 2. The summed E-state index contributed by atoms with van der Waals surface area (Å²) in [5.74, 6) is 13.9. The SMILES string of the molecule is CCCCCCCCCCCCCCCCCC#CCCCc1ccccc1/N=C(\C=N\c1ccccc1CCCC#CCCCCCCCCCCCCCCCCC)CCCCC.[Pd]. The molecule has 0 saturated carbocycles. The Bertz CT molecular complexity index is 1550. The van der Waals surface area contributed by atoms with E-state index in [0.717, 1.165) is 81.3 Å². The quantitative estimate of drug-likeness (QED) is 0.0274. The molecule has 0 aliphatic carbocycles. The molecule has 0 fully saturated rings. The maximum atomic E-state index is 5.25. The van der Waals surface area contributed by atoms with E-state index in [1.54, 1.807) is 0 Å². The van der Waals surface area contributed by atoms with Gasteiger partial charge in [0.25, 0.3) is 0 Å². The van der Waals surface area contributed by atoms with Gasteiger partial charge in [0, 0.05) is 52.3 Å². The van der Waals surface area contributed by atoms with Gasteiger partial charge in [0.2, 0.25) is 0 Å². The van der Waals surface area contributed by atoms with E-state index in [9.17, 15) is 0 Å². The topological polar surface area (TPSA) is 24.7 Å². The predicted molar refractivity (Wildman–Crippen MR) is 293 cm³/mol.